The second kappa shape index (κ2) is 12.3. The molecule has 0 radical (unpaired) electrons. The molecule has 2 fully saturated rings. The fourth-order valence-electron chi connectivity index (χ4n) is 4.89. The Labute approximate surface area is 254 Å². The SMILES string of the molecule is O=C1/C(=C/c2cn(-c3ccccc3)nc2-c2cccc(S(=O)(=O)N3CCOCC3)c2)SC(=S)N1CCc1ccccc1. The molecule has 2 aliphatic heterocycles. The molecule has 1 aromatic heterocycles. The minimum atomic E-state index is -3.70. The molecule has 4 aromatic rings. The van der Waals surface area contributed by atoms with Crippen molar-refractivity contribution in [1.82, 2.24) is 19.0 Å². The van der Waals surface area contributed by atoms with Crippen molar-refractivity contribution < 1.29 is 17.9 Å². The third-order valence-electron chi connectivity index (χ3n) is 7.11. The van der Waals surface area contributed by atoms with Crippen LogP contribution in [0.3, 0.4) is 0 Å². The molecule has 42 heavy (non-hydrogen) atoms. The molecular formula is C31H28N4O4S3. The highest BCUT2D eigenvalue weighted by Crippen LogP contribution is 2.35. The monoisotopic (exact) mass is 616 g/mol. The summed E-state index contributed by atoms with van der Waals surface area (Å²) in [4.78, 5) is 15.8. The summed E-state index contributed by atoms with van der Waals surface area (Å²) < 4.78 is 35.8. The first-order valence-corrected chi connectivity index (χ1v) is 16.2. The summed E-state index contributed by atoms with van der Waals surface area (Å²) >= 11 is 6.84. The predicted octanol–water partition coefficient (Wildman–Crippen LogP) is 5.00. The van der Waals surface area contributed by atoms with Crippen molar-refractivity contribution in [2.24, 2.45) is 0 Å². The molecule has 1 amide bonds. The number of ether oxygens (including phenoxy) is 1. The molecule has 0 bridgehead atoms. The zero-order valence-electron chi connectivity index (χ0n) is 22.6. The highest BCUT2D eigenvalue weighted by atomic mass is 32.2. The lowest BCUT2D eigenvalue weighted by Gasteiger charge is -2.26. The molecule has 8 nitrogen and oxygen atoms in total. The Kier molecular flexibility index (Phi) is 8.36. The van der Waals surface area contributed by atoms with Gasteiger partial charge in [0.1, 0.15) is 10.0 Å². The van der Waals surface area contributed by atoms with Crippen LogP contribution in [0.25, 0.3) is 23.0 Å². The van der Waals surface area contributed by atoms with Gasteiger partial charge in [0.25, 0.3) is 5.91 Å². The minimum Gasteiger partial charge on any atom is -0.379 e. The van der Waals surface area contributed by atoms with Crippen molar-refractivity contribution in [3.63, 3.8) is 0 Å². The largest absolute Gasteiger partial charge is 0.379 e. The van der Waals surface area contributed by atoms with Crippen LogP contribution in [0.1, 0.15) is 11.1 Å². The molecule has 0 saturated carbocycles. The molecule has 3 aromatic carbocycles. The molecule has 11 heteroatoms. The van der Waals surface area contributed by atoms with Gasteiger partial charge in [0.15, 0.2) is 0 Å². The van der Waals surface area contributed by atoms with E-state index in [1.165, 1.54) is 16.1 Å². The van der Waals surface area contributed by atoms with E-state index in [1.807, 2.05) is 72.9 Å². The normalized spacial score (nSPS) is 17.3. The van der Waals surface area contributed by atoms with E-state index in [0.717, 1.165) is 11.3 Å². The maximum atomic E-state index is 13.5. The number of amides is 1. The van der Waals surface area contributed by atoms with Crippen molar-refractivity contribution in [2.75, 3.05) is 32.8 Å². The number of rotatable bonds is 8. The lowest BCUT2D eigenvalue weighted by molar-refractivity contribution is -0.122. The summed E-state index contributed by atoms with van der Waals surface area (Å²) in [6.45, 7) is 1.85. The van der Waals surface area contributed by atoms with Gasteiger partial charge in [-0.05, 0) is 42.3 Å². The van der Waals surface area contributed by atoms with Gasteiger partial charge in [-0.3, -0.25) is 9.69 Å². The number of carbonyl (C=O) groups is 1. The van der Waals surface area contributed by atoms with Gasteiger partial charge in [0.05, 0.1) is 28.7 Å². The van der Waals surface area contributed by atoms with Gasteiger partial charge in [0.2, 0.25) is 10.0 Å². The molecule has 0 atom stereocenters. The zero-order chi connectivity index (χ0) is 29.1. The van der Waals surface area contributed by atoms with Gasteiger partial charge >= 0.3 is 0 Å². The van der Waals surface area contributed by atoms with E-state index in [1.54, 1.807) is 33.9 Å². The van der Waals surface area contributed by atoms with Crippen LogP contribution in [0.15, 0.2) is 101 Å². The van der Waals surface area contributed by atoms with E-state index in [-0.39, 0.29) is 10.8 Å². The number of morpholine rings is 1. The molecular weight excluding hydrogens is 589 g/mol. The average molecular weight is 617 g/mol. The minimum absolute atomic E-state index is 0.150. The number of thiocarbonyl (C=S) groups is 1. The first-order valence-electron chi connectivity index (χ1n) is 13.5. The summed E-state index contributed by atoms with van der Waals surface area (Å²) in [5.41, 5.74) is 3.85. The second-order valence-corrected chi connectivity index (χ2v) is 13.4. The molecule has 2 aliphatic rings. The van der Waals surface area contributed by atoms with Crippen LogP contribution in [0.4, 0.5) is 0 Å². The number of benzene rings is 3. The number of hydrogen-bond donors (Lipinski definition) is 0. The van der Waals surface area contributed by atoms with Crippen molar-refractivity contribution in [2.45, 2.75) is 11.3 Å². The van der Waals surface area contributed by atoms with Gasteiger partial charge in [-0.1, -0.05) is 84.6 Å². The Morgan fingerprint density at radius 3 is 2.40 bits per heavy atom. The van der Waals surface area contributed by atoms with E-state index in [2.05, 4.69) is 0 Å². The fourth-order valence-corrected chi connectivity index (χ4v) is 7.64. The first-order chi connectivity index (χ1) is 20.4. The van der Waals surface area contributed by atoms with Crippen LogP contribution in [-0.4, -0.2) is 70.5 Å². The van der Waals surface area contributed by atoms with Gasteiger partial charge in [-0.2, -0.15) is 9.40 Å². The van der Waals surface area contributed by atoms with Crippen LogP contribution >= 0.6 is 24.0 Å². The van der Waals surface area contributed by atoms with Crippen LogP contribution < -0.4 is 0 Å². The summed E-state index contributed by atoms with van der Waals surface area (Å²) in [5.74, 6) is -0.150. The van der Waals surface area contributed by atoms with Gasteiger partial charge in [0, 0.05) is 37.0 Å². The Morgan fingerprint density at radius 1 is 0.952 bits per heavy atom. The first kappa shape index (κ1) is 28.5. The number of nitrogens with zero attached hydrogens (tertiary/aromatic N) is 4. The molecule has 214 valence electrons. The van der Waals surface area contributed by atoms with Crippen molar-refractivity contribution >= 4 is 50.3 Å². The van der Waals surface area contributed by atoms with E-state index >= 15 is 0 Å². The van der Waals surface area contributed by atoms with E-state index in [4.69, 9.17) is 22.1 Å². The lowest BCUT2D eigenvalue weighted by Crippen LogP contribution is -2.40. The van der Waals surface area contributed by atoms with Crippen molar-refractivity contribution in [3.05, 3.63) is 107 Å². The number of carbonyl (C=O) groups excluding carboxylic acids is 1. The third kappa shape index (κ3) is 5.97. The maximum Gasteiger partial charge on any atom is 0.266 e. The molecule has 6 rings (SSSR count). The molecule has 3 heterocycles. The fraction of sp³-hybridized carbons (Fsp3) is 0.194. The average Bonchev–Trinajstić information content (AvgIpc) is 3.57. The number of para-hydroxylation sites is 1. The van der Waals surface area contributed by atoms with Gasteiger partial charge < -0.3 is 4.74 Å². The summed E-state index contributed by atoms with van der Waals surface area (Å²) in [7, 11) is -3.70. The summed E-state index contributed by atoms with van der Waals surface area (Å²) in [5, 5.41) is 4.84. The highest BCUT2D eigenvalue weighted by Gasteiger charge is 2.32. The number of hydrogen-bond acceptors (Lipinski definition) is 7. The van der Waals surface area contributed by atoms with Crippen LogP contribution in [-0.2, 0) is 26.0 Å². The summed E-state index contributed by atoms with van der Waals surface area (Å²) in [6, 6.07) is 26.4. The Hall–Kier alpha value is -3.61. The lowest BCUT2D eigenvalue weighted by atomic mass is 10.1. The predicted molar refractivity (Wildman–Crippen MR) is 169 cm³/mol. The summed E-state index contributed by atoms with van der Waals surface area (Å²) in [6.07, 6.45) is 4.35. The Balaban J connectivity index is 1.35. The molecule has 0 spiro atoms. The molecule has 0 N–H and O–H groups in total. The zero-order valence-corrected chi connectivity index (χ0v) is 25.1. The second-order valence-electron chi connectivity index (χ2n) is 9.83. The molecule has 2 saturated heterocycles. The van der Waals surface area contributed by atoms with Crippen LogP contribution in [0.2, 0.25) is 0 Å². The van der Waals surface area contributed by atoms with E-state index < -0.39 is 10.0 Å². The van der Waals surface area contributed by atoms with E-state index in [0.29, 0.717) is 65.3 Å². The van der Waals surface area contributed by atoms with E-state index in [9.17, 15) is 13.2 Å². The quantitative estimate of drug-likeness (QED) is 0.203. The van der Waals surface area contributed by atoms with Gasteiger partial charge in [-0.25, -0.2) is 13.1 Å². The maximum absolute atomic E-state index is 13.5. The van der Waals surface area contributed by atoms with Crippen LogP contribution in [0.5, 0.6) is 0 Å². The van der Waals surface area contributed by atoms with Crippen molar-refractivity contribution in [3.8, 4) is 16.9 Å². The Bertz CT molecular complexity index is 1750. The highest BCUT2D eigenvalue weighted by molar-refractivity contribution is 8.26. The molecule has 0 aliphatic carbocycles. The Morgan fingerprint density at radius 2 is 1.67 bits per heavy atom. The van der Waals surface area contributed by atoms with Crippen molar-refractivity contribution in [1.29, 1.82) is 0 Å². The number of thioether (sulfide) groups is 1. The topological polar surface area (TPSA) is 84.7 Å². The van der Waals surface area contributed by atoms with Crippen LogP contribution in [0, 0.1) is 0 Å². The number of sulfonamides is 1. The van der Waals surface area contributed by atoms with Gasteiger partial charge in [-0.15, -0.1) is 0 Å². The number of aromatic nitrogens is 2. The third-order valence-corrected chi connectivity index (χ3v) is 10.4. The smallest absolute Gasteiger partial charge is 0.266 e. The molecule has 0 unspecified atom stereocenters. The standard InChI is InChI=1S/C31H28N4O4S3/c36-30-28(41-31(40)34(30)15-14-23-8-3-1-4-9-23)21-25-22-35(26-11-5-2-6-12-26)32-29(25)24-10-7-13-27(20-24)42(37,38)33-16-18-39-19-17-33/h1-13,20-22H,14-19H2/b28-21-.